The summed E-state index contributed by atoms with van der Waals surface area (Å²) in [5.41, 5.74) is 0.687. The lowest BCUT2D eigenvalue weighted by Gasteiger charge is -2.33. The lowest BCUT2D eigenvalue weighted by Crippen LogP contribution is -2.50. The van der Waals surface area contributed by atoms with Crippen LogP contribution >= 0.6 is 15.9 Å². The smallest absolute Gasteiger partial charge is 0.243 e. The molecule has 2 aromatic rings. The molecule has 0 atom stereocenters. The summed E-state index contributed by atoms with van der Waals surface area (Å²) in [5.74, 6) is 0.0906. The highest BCUT2D eigenvalue weighted by Gasteiger charge is 2.29. The number of hydrogen-bond donors (Lipinski definition) is 1. The molecular weight excluding hydrogens is 424 g/mol. The maximum atomic E-state index is 12.7. The topological polar surface area (TPSA) is 95.8 Å². The number of carbonyl (C=O) groups excluding carboxylic acids is 1. The molecule has 2 heterocycles. The molecule has 1 N–H and O–H groups in total. The fraction of sp³-hybridized carbons (Fsp3) is 0.375. The van der Waals surface area contributed by atoms with Crippen LogP contribution in [0.4, 0.5) is 5.88 Å². The van der Waals surface area contributed by atoms with Gasteiger partial charge in [-0.3, -0.25) is 15.0 Å². The first kappa shape index (κ1) is 19.0. The van der Waals surface area contributed by atoms with Gasteiger partial charge in [0.2, 0.25) is 21.8 Å². The summed E-state index contributed by atoms with van der Waals surface area (Å²) in [5, 5.41) is 6.35. The number of carbonyl (C=O) groups is 1. The average molecular weight is 443 g/mol. The highest BCUT2D eigenvalue weighted by atomic mass is 79.9. The summed E-state index contributed by atoms with van der Waals surface area (Å²) in [7, 11) is -3.53. The van der Waals surface area contributed by atoms with Crippen LogP contribution in [0.1, 0.15) is 5.69 Å². The van der Waals surface area contributed by atoms with E-state index in [4.69, 9.17) is 4.52 Å². The van der Waals surface area contributed by atoms with E-state index in [0.29, 0.717) is 37.8 Å². The number of aromatic nitrogens is 1. The number of nitrogens with zero attached hydrogens (tertiary/aromatic N) is 3. The van der Waals surface area contributed by atoms with Crippen molar-refractivity contribution in [2.24, 2.45) is 0 Å². The van der Waals surface area contributed by atoms with Crippen LogP contribution in [0, 0.1) is 6.92 Å². The normalized spacial score (nSPS) is 16.5. The van der Waals surface area contributed by atoms with Crippen LogP contribution in [0.2, 0.25) is 0 Å². The molecule has 1 fully saturated rings. The number of amides is 1. The molecule has 10 heteroatoms. The van der Waals surface area contributed by atoms with E-state index in [1.54, 1.807) is 37.3 Å². The number of rotatable bonds is 5. The number of halogens is 1. The Hall–Kier alpha value is -1.75. The van der Waals surface area contributed by atoms with Gasteiger partial charge < -0.3 is 4.52 Å². The summed E-state index contributed by atoms with van der Waals surface area (Å²) in [6.45, 7) is 3.58. The monoisotopic (exact) mass is 442 g/mol. The molecular formula is C16H19BrN4O4S. The number of aryl methyl sites for hydroxylation is 1. The van der Waals surface area contributed by atoms with Crippen molar-refractivity contribution in [3.63, 3.8) is 0 Å². The van der Waals surface area contributed by atoms with E-state index >= 15 is 0 Å². The molecule has 1 aromatic heterocycles. The number of benzene rings is 1. The summed E-state index contributed by atoms with van der Waals surface area (Å²) in [6.07, 6.45) is 0. The second-order valence-corrected chi connectivity index (χ2v) is 8.87. The first-order valence-electron chi connectivity index (χ1n) is 8.06. The molecule has 0 saturated carbocycles. The SMILES string of the molecule is Cc1cc(NC(=O)CN2CCN(S(=O)(=O)c3cccc(Br)c3)CC2)on1. The van der Waals surface area contributed by atoms with Gasteiger partial charge in [-0.2, -0.15) is 4.31 Å². The van der Waals surface area contributed by atoms with Gasteiger partial charge in [0, 0.05) is 36.7 Å². The number of sulfonamides is 1. The van der Waals surface area contributed by atoms with Gasteiger partial charge in [-0.25, -0.2) is 8.42 Å². The third-order valence-electron chi connectivity index (χ3n) is 4.02. The first-order chi connectivity index (χ1) is 12.3. The van der Waals surface area contributed by atoms with Crippen molar-refractivity contribution in [2.45, 2.75) is 11.8 Å². The Labute approximate surface area is 160 Å². The molecule has 0 spiro atoms. The molecule has 1 amide bonds. The molecule has 1 aliphatic rings. The number of nitrogens with one attached hydrogen (secondary N) is 1. The van der Waals surface area contributed by atoms with Gasteiger partial charge in [0.05, 0.1) is 17.1 Å². The number of piperazine rings is 1. The lowest BCUT2D eigenvalue weighted by atomic mass is 10.3. The Morgan fingerprint density at radius 1 is 1.27 bits per heavy atom. The summed E-state index contributed by atoms with van der Waals surface area (Å²) >= 11 is 3.30. The van der Waals surface area contributed by atoms with Gasteiger partial charge in [-0.05, 0) is 25.1 Å². The molecule has 8 nitrogen and oxygen atoms in total. The van der Waals surface area contributed by atoms with Gasteiger partial charge in [0.25, 0.3) is 0 Å². The van der Waals surface area contributed by atoms with Crippen molar-refractivity contribution in [1.29, 1.82) is 0 Å². The van der Waals surface area contributed by atoms with Crippen LogP contribution in [0.3, 0.4) is 0 Å². The third-order valence-corrected chi connectivity index (χ3v) is 6.41. The van der Waals surface area contributed by atoms with Crippen molar-refractivity contribution in [1.82, 2.24) is 14.4 Å². The second kappa shape index (κ2) is 7.87. The molecule has 1 saturated heterocycles. The average Bonchev–Trinajstić information content (AvgIpc) is 3.00. The maximum absolute atomic E-state index is 12.7. The molecule has 0 aliphatic carbocycles. The standard InChI is InChI=1S/C16H19BrN4O4S/c1-12-9-16(25-19-12)18-15(22)11-20-5-7-21(8-6-20)26(23,24)14-4-2-3-13(17)10-14/h2-4,9-10H,5-8,11H2,1H3,(H,18,22). The predicted octanol–water partition coefficient (Wildman–Crippen LogP) is 1.69. The zero-order chi connectivity index (χ0) is 18.7. The fourth-order valence-corrected chi connectivity index (χ4v) is 4.73. The molecule has 1 aromatic carbocycles. The molecule has 1 aliphatic heterocycles. The van der Waals surface area contributed by atoms with Gasteiger partial charge in [-0.1, -0.05) is 27.2 Å². The predicted molar refractivity (Wildman–Crippen MR) is 99.2 cm³/mol. The summed E-state index contributed by atoms with van der Waals surface area (Å²) in [6, 6.07) is 8.29. The summed E-state index contributed by atoms with van der Waals surface area (Å²) < 4.78 is 32.5. The van der Waals surface area contributed by atoms with Crippen molar-refractivity contribution in [2.75, 3.05) is 38.0 Å². The fourth-order valence-electron chi connectivity index (χ4n) is 2.71. The van der Waals surface area contributed by atoms with Gasteiger partial charge in [0.15, 0.2) is 0 Å². The Kier molecular flexibility index (Phi) is 5.76. The quantitative estimate of drug-likeness (QED) is 0.756. The highest BCUT2D eigenvalue weighted by molar-refractivity contribution is 9.10. The maximum Gasteiger partial charge on any atom is 0.243 e. The molecule has 26 heavy (non-hydrogen) atoms. The van der Waals surface area contributed by atoms with E-state index in [1.165, 1.54) is 4.31 Å². The second-order valence-electron chi connectivity index (χ2n) is 6.02. The van der Waals surface area contributed by atoms with Crippen molar-refractivity contribution in [3.8, 4) is 0 Å². The zero-order valence-corrected chi connectivity index (χ0v) is 16.6. The van der Waals surface area contributed by atoms with Crippen LogP contribution in [-0.2, 0) is 14.8 Å². The van der Waals surface area contributed by atoms with Crippen LogP contribution in [-0.4, -0.2) is 61.4 Å². The lowest BCUT2D eigenvalue weighted by molar-refractivity contribution is -0.117. The molecule has 0 bridgehead atoms. The van der Waals surface area contributed by atoms with E-state index in [9.17, 15) is 13.2 Å². The minimum absolute atomic E-state index is 0.171. The van der Waals surface area contributed by atoms with Gasteiger partial charge in [0.1, 0.15) is 0 Å². The Balaban J connectivity index is 1.54. The Bertz CT molecular complexity index is 891. The molecule has 0 radical (unpaired) electrons. The van der Waals surface area contributed by atoms with E-state index in [0.717, 1.165) is 4.47 Å². The molecule has 3 rings (SSSR count). The van der Waals surface area contributed by atoms with Gasteiger partial charge >= 0.3 is 0 Å². The van der Waals surface area contributed by atoms with Crippen molar-refractivity contribution >= 4 is 37.7 Å². The van der Waals surface area contributed by atoms with Gasteiger partial charge in [-0.15, -0.1) is 0 Å². The summed E-state index contributed by atoms with van der Waals surface area (Å²) in [4.78, 5) is 14.2. The van der Waals surface area contributed by atoms with Crippen molar-refractivity contribution in [3.05, 3.63) is 40.5 Å². The Morgan fingerprint density at radius 3 is 2.62 bits per heavy atom. The first-order valence-corrected chi connectivity index (χ1v) is 10.3. The number of hydrogen-bond acceptors (Lipinski definition) is 6. The highest BCUT2D eigenvalue weighted by Crippen LogP contribution is 2.21. The van der Waals surface area contributed by atoms with Crippen LogP contribution in [0.25, 0.3) is 0 Å². The van der Waals surface area contributed by atoms with E-state index in [-0.39, 0.29) is 17.3 Å². The molecule has 140 valence electrons. The largest absolute Gasteiger partial charge is 0.338 e. The minimum Gasteiger partial charge on any atom is -0.338 e. The van der Waals surface area contributed by atoms with Crippen molar-refractivity contribution < 1.29 is 17.7 Å². The van der Waals surface area contributed by atoms with E-state index in [1.807, 2.05) is 4.90 Å². The van der Waals surface area contributed by atoms with Crippen LogP contribution < -0.4 is 5.32 Å². The zero-order valence-electron chi connectivity index (χ0n) is 14.2. The third kappa shape index (κ3) is 4.50. The van der Waals surface area contributed by atoms with Crippen LogP contribution in [0.5, 0.6) is 0 Å². The van der Waals surface area contributed by atoms with E-state index < -0.39 is 10.0 Å². The Morgan fingerprint density at radius 2 is 2.00 bits per heavy atom. The molecule has 0 unspecified atom stereocenters. The minimum atomic E-state index is -3.53. The van der Waals surface area contributed by atoms with E-state index in [2.05, 4.69) is 26.4 Å². The number of anilines is 1. The van der Waals surface area contributed by atoms with Crippen LogP contribution in [0.15, 0.2) is 44.2 Å².